The van der Waals surface area contributed by atoms with Gasteiger partial charge < -0.3 is 10.1 Å². The Balaban J connectivity index is 2.05. The number of nitrogens with one attached hydrogen (secondary N) is 1. The average Bonchev–Trinajstić information content (AvgIpc) is 2.90. The van der Waals surface area contributed by atoms with Crippen molar-refractivity contribution in [3.63, 3.8) is 0 Å². The lowest BCUT2D eigenvalue weighted by Crippen LogP contribution is -2.39. The highest BCUT2D eigenvalue weighted by molar-refractivity contribution is 5.20. The molecule has 0 saturated carbocycles. The molecule has 0 aromatic heterocycles. The molecule has 2 rings (SSSR count). The van der Waals surface area contributed by atoms with E-state index in [1.807, 2.05) is 0 Å². The number of halogens is 2. The molecule has 19 heavy (non-hydrogen) atoms. The van der Waals surface area contributed by atoms with Crippen molar-refractivity contribution in [2.45, 2.75) is 32.2 Å². The summed E-state index contributed by atoms with van der Waals surface area (Å²) in [7, 11) is 0. The maximum atomic E-state index is 13.7. The first-order chi connectivity index (χ1) is 9.20. The Morgan fingerprint density at radius 1 is 1.42 bits per heavy atom. The third kappa shape index (κ3) is 3.98. The van der Waals surface area contributed by atoms with E-state index in [1.54, 1.807) is 6.07 Å². The number of hydrogen-bond donors (Lipinski definition) is 1. The predicted molar refractivity (Wildman–Crippen MR) is 71.1 cm³/mol. The molecule has 0 aliphatic carbocycles. The molecule has 1 aliphatic rings. The lowest BCUT2D eigenvalue weighted by atomic mass is 9.92. The fourth-order valence-electron chi connectivity index (χ4n) is 2.53. The SMILES string of the molecule is CCCNC(Cc1ccc(F)cc1F)C1CCOC1. The zero-order valence-electron chi connectivity index (χ0n) is 11.3. The van der Waals surface area contributed by atoms with Gasteiger partial charge in [-0.05, 0) is 37.4 Å². The highest BCUT2D eigenvalue weighted by Gasteiger charge is 2.26. The van der Waals surface area contributed by atoms with Crippen LogP contribution in [0.15, 0.2) is 18.2 Å². The number of hydrogen-bond acceptors (Lipinski definition) is 2. The Hall–Kier alpha value is -1.00. The standard InChI is InChI=1S/C15H21F2NO/c1-2-6-18-15(12-5-7-19-10-12)8-11-3-4-13(16)9-14(11)17/h3-4,9,12,15,18H,2,5-8,10H2,1H3. The Kier molecular flexibility index (Phi) is 5.28. The fourth-order valence-corrected chi connectivity index (χ4v) is 2.53. The molecule has 1 N–H and O–H groups in total. The van der Waals surface area contributed by atoms with Crippen molar-refractivity contribution in [1.82, 2.24) is 5.32 Å². The van der Waals surface area contributed by atoms with Crippen LogP contribution in [0.25, 0.3) is 0 Å². The first-order valence-corrected chi connectivity index (χ1v) is 6.95. The van der Waals surface area contributed by atoms with E-state index in [-0.39, 0.29) is 6.04 Å². The van der Waals surface area contributed by atoms with Crippen molar-refractivity contribution < 1.29 is 13.5 Å². The van der Waals surface area contributed by atoms with Gasteiger partial charge in [0.05, 0.1) is 6.61 Å². The number of ether oxygens (including phenoxy) is 1. The minimum Gasteiger partial charge on any atom is -0.381 e. The molecule has 1 aliphatic heterocycles. The molecule has 0 bridgehead atoms. The summed E-state index contributed by atoms with van der Waals surface area (Å²) < 4.78 is 32.0. The van der Waals surface area contributed by atoms with Gasteiger partial charge in [0.25, 0.3) is 0 Å². The minimum absolute atomic E-state index is 0.197. The summed E-state index contributed by atoms with van der Waals surface area (Å²) in [5.74, 6) is -0.568. The first-order valence-electron chi connectivity index (χ1n) is 6.95. The highest BCUT2D eigenvalue weighted by atomic mass is 19.1. The van der Waals surface area contributed by atoms with Gasteiger partial charge in [-0.3, -0.25) is 0 Å². The maximum absolute atomic E-state index is 13.7. The van der Waals surface area contributed by atoms with Crippen LogP contribution in [-0.2, 0) is 11.2 Å². The average molecular weight is 269 g/mol. The van der Waals surface area contributed by atoms with Gasteiger partial charge >= 0.3 is 0 Å². The molecule has 0 radical (unpaired) electrons. The van der Waals surface area contributed by atoms with Crippen LogP contribution in [0.5, 0.6) is 0 Å². The van der Waals surface area contributed by atoms with Crippen LogP contribution < -0.4 is 5.32 Å². The van der Waals surface area contributed by atoms with Crippen molar-refractivity contribution in [1.29, 1.82) is 0 Å². The van der Waals surface area contributed by atoms with E-state index in [9.17, 15) is 8.78 Å². The van der Waals surface area contributed by atoms with E-state index in [0.717, 1.165) is 38.7 Å². The van der Waals surface area contributed by atoms with E-state index in [1.165, 1.54) is 6.07 Å². The lowest BCUT2D eigenvalue weighted by Gasteiger charge is -2.24. The second-order valence-corrected chi connectivity index (χ2v) is 5.12. The largest absolute Gasteiger partial charge is 0.381 e. The van der Waals surface area contributed by atoms with Crippen molar-refractivity contribution >= 4 is 0 Å². The Morgan fingerprint density at radius 3 is 2.89 bits per heavy atom. The zero-order chi connectivity index (χ0) is 13.7. The summed E-state index contributed by atoms with van der Waals surface area (Å²) >= 11 is 0. The van der Waals surface area contributed by atoms with Crippen LogP contribution >= 0.6 is 0 Å². The van der Waals surface area contributed by atoms with Gasteiger partial charge in [0.1, 0.15) is 11.6 Å². The molecule has 0 amide bonds. The topological polar surface area (TPSA) is 21.3 Å². The smallest absolute Gasteiger partial charge is 0.129 e. The van der Waals surface area contributed by atoms with Crippen LogP contribution in [0.3, 0.4) is 0 Å². The Bertz CT molecular complexity index is 405. The first kappa shape index (κ1) is 14.4. The van der Waals surface area contributed by atoms with Crippen molar-refractivity contribution in [3.05, 3.63) is 35.4 Å². The Labute approximate surface area is 113 Å². The van der Waals surface area contributed by atoms with Crippen molar-refractivity contribution in [2.24, 2.45) is 5.92 Å². The van der Waals surface area contributed by atoms with Gasteiger partial charge in [0, 0.05) is 24.6 Å². The molecular formula is C15H21F2NO. The summed E-state index contributed by atoms with van der Waals surface area (Å²) in [6, 6.07) is 4.02. The second-order valence-electron chi connectivity index (χ2n) is 5.12. The zero-order valence-corrected chi connectivity index (χ0v) is 11.3. The molecule has 2 atom stereocenters. The molecule has 1 fully saturated rings. The van der Waals surface area contributed by atoms with Crippen molar-refractivity contribution in [2.75, 3.05) is 19.8 Å². The Morgan fingerprint density at radius 2 is 2.26 bits per heavy atom. The summed E-state index contributed by atoms with van der Waals surface area (Å²) in [4.78, 5) is 0. The van der Waals surface area contributed by atoms with Gasteiger partial charge in [-0.1, -0.05) is 13.0 Å². The molecule has 1 saturated heterocycles. The van der Waals surface area contributed by atoms with Crippen LogP contribution in [-0.4, -0.2) is 25.8 Å². The fraction of sp³-hybridized carbons (Fsp3) is 0.600. The quantitative estimate of drug-likeness (QED) is 0.857. The molecule has 2 unspecified atom stereocenters. The molecule has 1 heterocycles. The normalized spacial score (nSPS) is 20.7. The van der Waals surface area contributed by atoms with Crippen LogP contribution in [0.1, 0.15) is 25.3 Å². The van der Waals surface area contributed by atoms with Gasteiger partial charge in [-0.2, -0.15) is 0 Å². The van der Waals surface area contributed by atoms with E-state index in [0.29, 0.717) is 17.9 Å². The predicted octanol–water partition coefficient (Wildman–Crippen LogP) is 2.91. The third-order valence-electron chi connectivity index (χ3n) is 3.65. The molecule has 1 aromatic rings. The number of rotatable bonds is 6. The second kappa shape index (κ2) is 6.96. The molecule has 106 valence electrons. The maximum Gasteiger partial charge on any atom is 0.129 e. The molecule has 4 heteroatoms. The molecule has 1 aromatic carbocycles. The molecular weight excluding hydrogens is 248 g/mol. The summed E-state index contributed by atoms with van der Waals surface area (Å²) in [5.41, 5.74) is 0.571. The summed E-state index contributed by atoms with van der Waals surface area (Å²) in [6.07, 6.45) is 2.63. The van der Waals surface area contributed by atoms with E-state index < -0.39 is 11.6 Å². The lowest BCUT2D eigenvalue weighted by molar-refractivity contribution is 0.176. The summed E-state index contributed by atoms with van der Waals surface area (Å²) in [5, 5.41) is 3.46. The third-order valence-corrected chi connectivity index (χ3v) is 3.65. The van der Waals surface area contributed by atoms with E-state index in [4.69, 9.17) is 4.74 Å². The highest BCUT2D eigenvalue weighted by Crippen LogP contribution is 2.21. The van der Waals surface area contributed by atoms with E-state index >= 15 is 0 Å². The van der Waals surface area contributed by atoms with Crippen LogP contribution in [0, 0.1) is 17.6 Å². The van der Waals surface area contributed by atoms with Crippen LogP contribution in [0.2, 0.25) is 0 Å². The van der Waals surface area contributed by atoms with E-state index in [2.05, 4.69) is 12.2 Å². The van der Waals surface area contributed by atoms with Crippen LogP contribution in [0.4, 0.5) is 8.78 Å². The van der Waals surface area contributed by atoms with Gasteiger partial charge in [-0.25, -0.2) is 8.78 Å². The van der Waals surface area contributed by atoms with Gasteiger partial charge in [0.15, 0.2) is 0 Å². The van der Waals surface area contributed by atoms with Gasteiger partial charge in [-0.15, -0.1) is 0 Å². The minimum atomic E-state index is -0.525. The van der Waals surface area contributed by atoms with Crippen molar-refractivity contribution in [3.8, 4) is 0 Å². The summed E-state index contributed by atoms with van der Waals surface area (Å²) in [6.45, 7) is 4.52. The number of benzene rings is 1. The monoisotopic (exact) mass is 269 g/mol. The molecule has 0 spiro atoms. The molecule has 2 nitrogen and oxygen atoms in total. The van der Waals surface area contributed by atoms with Gasteiger partial charge in [0.2, 0.25) is 0 Å².